The summed E-state index contributed by atoms with van der Waals surface area (Å²) in [5.41, 5.74) is 1.03. The molecule has 0 aliphatic carbocycles. The molecule has 0 bridgehead atoms. The van der Waals surface area contributed by atoms with Crippen molar-refractivity contribution in [2.24, 2.45) is 0 Å². The van der Waals surface area contributed by atoms with Gasteiger partial charge in [-0.15, -0.1) is 0 Å². The molecule has 6 heteroatoms. The number of nitrogens with one attached hydrogen (secondary N) is 1. The highest BCUT2D eigenvalue weighted by Gasteiger charge is 2.18. The van der Waals surface area contributed by atoms with Crippen LogP contribution in [0.2, 0.25) is 0 Å². The number of carbonyl (C=O) groups is 2. The molecule has 1 N–H and O–H groups in total. The molecule has 0 fully saturated rings. The normalized spacial score (nSPS) is 11.9. The van der Waals surface area contributed by atoms with Crippen LogP contribution in [0.1, 0.15) is 25.8 Å². The second-order valence-corrected chi connectivity index (χ2v) is 6.55. The van der Waals surface area contributed by atoms with Crippen LogP contribution in [0, 0.1) is 0 Å². The maximum Gasteiger partial charge on any atom is 0.231 e. The number of imidazole rings is 1. The lowest BCUT2D eigenvalue weighted by Gasteiger charge is -2.16. The van der Waals surface area contributed by atoms with Crippen molar-refractivity contribution in [3.63, 3.8) is 0 Å². The van der Waals surface area contributed by atoms with Gasteiger partial charge in [0.05, 0.1) is 11.8 Å². The van der Waals surface area contributed by atoms with E-state index in [1.807, 2.05) is 41.1 Å². The molecular formula is C18H23N3O2S. The Morgan fingerprint density at radius 3 is 2.71 bits per heavy atom. The molecular weight excluding hydrogens is 322 g/mol. The van der Waals surface area contributed by atoms with Gasteiger partial charge in [0.2, 0.25) is 5.91 Å². The van der Waals surface area contributed by atoms with Gasteiger partial charge in [-0.1, -0.05) is 49.0 Å². The van der Waals surface area contributed by atoms with E-state index in [0.29, 0.717) is 6.42 Å². The summed E-state index contributed by atoms with van der Waals surface area (Å²) < 4.78 is 2.03. The topological polar surface area (TPSA) is 64.0 Å². The number of Topliss-reactive ketones (excluding diaryl/α,β-unsaturated/α-hetero) is 1. The van der Waals surface area contributed by atoms with E-state index in [1.165, 1.54) is 18.7 Å². The van der Waals surface area contributed by atoms with Gasteiger partial charge in [0.1, 0.15) is 0 Å². The molecule has 24 heavy (non-hydrogen) atoms. The Morgan fingerprint density at radius 1 is 1.29 bits per heavy atom. The van der Waals surface area contributed by atoms with Crippen molar-refractivity contribution in [1.82, 2.24) is 14.9 Å². The number of hydrogen-bond acceptors (Lipinski definition) is 4. The van der Waals surface area contributed by atoms with E-state index in [9.17, 15) is 9.59 Å². The SMILES string of the molecule is CCCn1ccnc1SCC(=O)N[C@H](Cc1ccccc1)C(C)=O. The maximum absolute atomic E-state index is 12.2. The van der Waals surface area contributed by atoms with Crippen LogP contribution in [0.4, 0.5) is 0 Å². The van der Waals surface area contributed by atoms with Gasteiger partial charge < -0.3 is 9.88 Å². The van der Waals surface area contributed by atoms with E-state index in [1.54, 1.807) is 6.20 Å². The third-order valence-electron chi connectivity index (χ3n) is 3.58. The Hall–Kier alpha value is -2.08. The van der Waals surface area contributed by atoms with E-state index in [2.05, 4.69) is 17.2 Å². The summed E-state index contributed by atoms with van der Waals surface area (Å²) in [6.45, 7) is 4.49. The number of thioether (sulfide) groups is 1. The highest BCUT2D eigenvalue weighted by Crippen LogP contribution is 2.16. The molecule has 0 saturated carbocycles. The predicted molar refractivity (Wildman–Crippen MR) is 96.0 cm³/mol. The Kier molecular flexibility index (Phi) is 7.06. The van der Waals surface area contributed by atoms with Crippen molar-refractivity contribution in [1.29, 1.82) is 0 Å². The van der Waals surface area contributed by atoms with Crippen LogP contribution in [0.25, 0.3) is 0 Å². The van der Waals surface area contributed by atoms with Gasteiger partial charge in [0.25, 0.3) is 0 Å². The van der Waals surface area contributed by atoms with Crippen molar-refractivity contribution in [2.45, 2.75) is 44.4 Å². The number of carbonyl (C=O) groups excluding carboxylic acids is 2. The quantitative estimate of drug-likeness (QED) is 0.710. The Labute approximate surface area is 146 Å². The molecule has 2 aromatic rings. The molecule has 5 nitrogen and oxygen atoms in total. The lowest BCUT2D eigenvalue weighted by molar-refractivity contribution is -0.125. The number of rotatable bonds is 9. The molecule has 0 aliphatic heterocycles. The van der Waals surface area contributed by atoms with Crippen LogP contribution in [-0.4, -0.2) is 33.0 Å². The summed E-state index contributed by atoms with van der Waals surface area (Å²) in [7, 11) is 0. The fraction of sp³-hybridized carbons (Fsp3) is 0.389. The number of aromatic nitrogens is 2. The first-order valence-electron chi connectivity index (χ1n) is 8.07. The molecule has 1 atom stereocenters. The van der Waals surface area contributed by atoms with Crippen LogP contribution in [0.15, 0.2) is 47.9 Å². The first kappa shape index (κ1) is 18.3. The number of ketones is 1. The summed E-state index contributed by atoms with van der Waals surface area (Å²) in [6, 6.07) is 9.21. The average Bonchev–Trinajstić information content (AvgIpc) is 3.01. The summed E-state index contributed by atoms with van der Waals surface area (Å²) >= 11 is 1.39. The molecule has 1 aromatic carbocycles. The predicted octanol–water partition coefficient (Wildman–Crippen LogP) is 2.70. The maximum atomic E-state index is 12.2. The van der Waals surface area contributed by atoms with Gasteiger partial charge in [0.15, 0.2) is 10.9 Å². The lowest BCUT2D eigenvalue weighted by Crippen LogP contribution is -2.42. The third kappa shape index (κ3) is 5.53. The lowest BCUT2D eigenvalue weighted by atomic mass is 10.0. The highest BCUT2D eigenvalue weighted by atomic mass is 32.2. The van der Waals surface area contributed by atoms with Crippen LogP contribution in [0.5, 0.6) is 0 Å². The van der Waals surface area contributed by atoms with Crippen LogP contribution < -0.4 is 5.32 Å². The Balaban J connectivity index is 1.88. The summed E-state index contributed by atoms with van der Waals surface area (Å²) in [5.74, 6) is 0.0612. The molecule has 0 saturated heterocycles. The van der Waals surface area contributed by atoms with E-state index in [4.69, 9.17) is 0 Å². The second kappa shape index (κ2) is 9.27. The molecule has 0 aliphatic rings. The number of aryl methyl sites for hydroxylation is 1. The van der Waals surface area contributed by atoms with Gasteiger partial charge in [-0.3, -0.25) is 9.59 Å². The second-order valence-electron chi connectivity index (χ2n) is 5.61. The summed E-state index contributed by atoms with van der Waals surface area (Å²) in [5, 5.41) is 3.66. The van der Waals surface area contributed by atoms with E-state index in [-0.39, 0.29) is 17.4 Å². The van der Waals surface area contributed by atoms with Crippen LogP contribution >= 0.6 is 11.8 Å². The fourth-order valence-electron chi connectivity index (χ4n) is 2.36. The summed E-state index contributed by atoms with van der Waals surface area (Å²) in [6.07, 6.45) is 5.18. The van der Waals surface area contributed by atoms with E-state index >= 15 is 0 Å². The minimum absolute atomic E-state index is 0.0373. The van der Waals surface area contributed by atoms with Gasteiger partial charge in [-0.2, -0.15) is 0 Å². The molecule has 128 valence electrons. The van der Waals surface area contributed by atoms with E-state index < -0.39 is 6.04 Å². The molecule has 0 radical (unpaired) electrons. The van der Waals surface area contributed by atoms with Gasteiger partial charge >= 0.3 is 0 Å². The van der Waals surface area contributed by atoms with Crippen molar-refractivity contribution >= 4 is 23.5 Å². The van der Waals surface area contributed by atoms with Crippen molar-refractivity contribution in [2.75, 3.05) is 5.75 Å². The Bertz CT molecular complexity index is 670. The summed E-state index contributed by atoms with van der Waals surface area (Å²) in [4.78, 5) is 28.3. The van der Waals surface area contributed by atoms with E-state index in [0.717, 1.165) is 23.7 Å². The molecule has 1 aromatic heterocycles. The number of nitrogens with zero attached hydrogens (tertiary/aromatic N) is 2. The van der Waals surface area contributed by atoms with Gasteiger partial charge in [-0.05, 0) is 25.3 Å². The largest absolute Gasteiger partial charge is 0.345 e. The average molecular weight is 345 g/mol. The number of benzene rings is 1. The zero-order chi connectivity index (χ0) is 17.4. The zero-order valence-corrected chi connectivity index (χ0v) is 14.9. The molecule has 2 rings (SSSR count). The first-order valence-corrected chi connectivity index (χ1v) is 9.06. The molecule has 0 unspecified atom stereocenters. The standard InChI is InChI=1S/C18H23N3O2S/c1-3-10-21-11-9-19-18(21)24-13-17(23)20-16(14(2)22)12-15-7-5-4-6-8-15/h4-9,11,16H,3,10,12-13H2,1-2H3,(H,20,23)/t16-/m1/s1. The monoisotopic (exact) mass is 345 g/mol. The van der Waals surface area contributed by atoms with Crippen LogP contribution in [-0.2, 0) is 22.6 Å². The Morgan fingerprint density at radius 2 is 2.04 bits per heavy atom. The van der Waals surface area contributed by atoms with Crippen molar-refractivity contribution < 1.29 is 9.59 Å². The van der Waals surface area contributed by atoms with Crippen molar-refractivity contribution in [3.05, 3.63) is 48.3 Å². The van der Waals surface area contributed by atoms with Crippen LogP contribution in [0.3, 0.4) is 0 Å². The minimum Gasteiger partial charge on any atom is -0.345 e. The first-order chi connectivity index (χ1) is 11.6. The van der Waals surface area contributed by atoms with Crippen molar-refractivity contribution in [3.8, 4) is 0 Å². The minimum atomic E-state index is -0.490. The fourth-order valence-corrected chi connectivity index (χ4v) is 3.16. The molecule has 0 spiro atoms. The smallest absolute Gasteiger partial charge is 0.231 e. The third-order valence-corrected chi connectivity index (χ3v) is 4.59. The zero-order valence-electron chi connectivity index (χ0n) is 14.1. The number of amides is 1. The van der Waals surface area contributed by atoms with Gasteiger partial charge in [-0.25, -0.2) is 4.98 Å². The highest BCUT2D eigenvalue weighted by molar-refractivity contribution is 7.99. The molecule has 1 heterocycles. The number of hydrogen-bond donors (Lipinski definition) is 1. The van der Waals surface area contributed by atoms with Gasteiger partial charge in [0, 0.05) is 18.9 Å². The molecule has 1 amide bonds.